The van der Waals surface area contributed by atoms with Crippen LogP contribution in [0.3, 0.4) is 0 Å². The van der Waals surface area contributed by atoms with Crippen molar-refractivity contribution in [3.63, 3.8) is 0 Å². The number of nitrogens with zero attached hydrogens (tertiary/aromatic N) is 1. The smallest absolute Gasteiger partial charge is 0.245 e. The molecular weight excluding hydrogens is 366 g/mol. The summed E-state index contributed by atoms with van der Waals surface area (Å²) in [4.78, 5) is 14.0. The Kier molecular flexibility index (Phi) is 4.47. The summed E-state index contributed by atoms with van der Waals surface area (Å²) in [7, 11) is -3.42. The van der Waals surface area contributed by atoms with E-state index in [4.69, 9.17) is 11.6 Å². The van der Waals surface area contributed by atoms with E-state index in [-0.39, 0.29) is 0 Å². The van der Waals surface area contributed by atoms with Crippen LogP contribution in [0, 0.1) is 0 Å². The van der Waals surface area contributed by atoms with Crippen LogP contribution < -0.4 is 4.90 Å². The molecule has 0 fully saturated rings. The first kappa shape index (κ1) is 15.8. The van der Waals surface area contributed by atoms with Crippen LogP contribution in [-0.4, -0.2) is 32.4 Å². The van der Waals surface area contributed by atoms with Gasteiger partial charge in [-0.1, -0.05) is 11.6 Å². The molecule has 1 aliphatic rings. The van der Waals surface area contributed by atoms with E-state index < -0.39 is 21.0 Å². The predicted octanol–water partition coefficient (Wildman–Crippen LogP) is 2.81. The van der Waals surface area contributed by atoms with Crippen molar-refractivity contribution in [1.29, 1.82) is 0 Å². The number of anilines is 1. The molecule has 0 saturated heterocycles. The van der Waals surface area contributed by atoms with E-state index in [1.54, 1.807) is 12.1 Å². The Balaban J connectivity index is 2.48. The summed E-state index contributed by atoms with van der Waals surface area (Å²) in [6.45, 7) is 1.93. The van der Waals surface area contributed by atoms with E-state index in [1.165, 1.54) is 11.8 Å². The van der Waals surface area contributed by atoms with Gasteiger partial charge in [0.15, 0.2) is 9.84 Å². The molecule has 0 saturated carbocycles. The highest BCUT2D eigenvalue weighted by Gasteiger charge is 2.33. The van der Waals surface area contributed by atoms with Gasteiger partial charge in [0.25, 0.3) is 0 Å². The number of carbonyl (C=O) groups is 1. The van der Waals surface area contributed by atoms with Gasteiger partial charge in [0.1, 0.15) is 5.25 Å². The lowest BCUT2D eigenvalue weighted by Crippen LogP contribution is -2.44. The summed E-state index contributed by atoms with van der Waals surface area (Å²) in [5.74, 6) is -0.406. The Labute approximate surface area is 132 Å². The molecule has 1 aromatic rings. The summed E-state index contributed by atoms with van der Waals surface area (Å²) in [6.07, 6.45) is 2.63. The maximum Gasteiger partial charge on any atom is 0.245 e. The van der Waals surface area contributed by atoms with Crippen molar-refractivity contribution in [2.75, 3.05) is 17.7 Å². The fourth-order valence-electron chi connectivity index (χ4n) is 2.26. The fourth-order valence-corrected chi connectivity index (χ4v) is 3.59. The number of benzene rings is 1. The van der Waals surface area contributed by atoms with Gasteiger partial charge < -0.3 is 4.90 Å². The van der Waals surface area contributed by atoms with Crippen molar-refractivity contribution < 1.29 is 13.2 Å². The summed E-state index contributed by atoms with van der Waals surface area (Å²) in [5, 5.41) is -0.452. The topological polar surface area (TPSA) is 54.5 Å². The fraction of sp³-hybridized carbons (Fsp3) is 0.462. The van der Waals surface area contributed by atoms with Crippen molar-refractivity contribution in [3.8, 4) is 0 Å². The van der Waals surface area contributed by atoms with Crippen LogP contribution in [0.25, 0.3) is 0 Å². The number of hydrogen-bond donors (Lipinski definition) is 0. The maximum atomic E-state index is 12.5. The molecule has 0 aliphatic carbocycles. The van der Waals surface area contributed by atoms with Gasteiger partial charge in [0, 0.05) is 22.3 Å². The number of halogens is 2. The number of sulfone groups is 1. The first-order valence-corrected chi connectivity index (χ1v) is 9.33. The van der Waals surface area contributed by atoms with E-state index in [1.807, 2.05) is 0 Å². The summed E-state index contributed by atoms with van der Waals surface area (Å²) in [5.41, 5.74) is 1.59. The van der Waals surface area contributed by atoms with Gasteiger partial charge in [0.05, 0.1) is 5.69 Å². The van der Waals surface area contributed by atoms with Gasteiger partial charge in [-0.3, -0.25) is 4.79 Å². The first-order valence-electron chi connectivity index (χ1n) is 6.20. The quantitative estimate of drug-likeness (QED) is 0.793. The van der Waals surface area contributed by atoms with Crippen molar-refractivity contribution in [2.45, 2.75) is 25.0 Å². The summed E-state index contributed by atoms with van der Waals surface area (Å²) >= 11 is 9.60. The van der Waals surface area contributed by atoms with Crippen LogP contribution in [0.15, 0.2) is 16.6 Å². The Bertz CT molecular complexity index is 660. The van der Waals surface area contributed by atoms with Crippen LogP contribution in [-0.2, 0) is 21.1 Å². The molecule has 7 heteroatoms. The number of fused-ring (bicyclic) bond motifs is 1. The highest BCUT2D eigenvalue weighted by Crippen LogP contribution is 2.39. The van der Waals surface area contributed by atoms with E-state index >= 15 is 0 Å². The molecule has 0 radical (unpaired) electrons. The normalized spacial score (nSPS) is 16.7. The zero-order valence-corrected chi connectivity index (χ0v) is 14.3. The number of carbonyl (C=O) groups excluding carboxylic acids is 1. The third-order valence-electron chi connectivity index (χ3n) is 3.51. The second-order valence-corrected chi connectivity index (χ2v) is 8.55. The first-order chi connectivity index (χ1) is 9.23. The lowest BCUT2D eigenvalue weighted by molar-refractivity contribution is -0.118. The third kappa shape index (κ3) is 2.87. The van der Waals surface area contributed by atoms with Crippen molar-refractivity contribution in [1.82, 2.24) is 0 Å². The van der Waals surface area contributed by atoms with Crippen LogP contribution in [0.2, 0.25) is 5.02 Å². The zero-order valence-electron chi connectivity index (χ0n) is 11.2. The SMILES string of the molecule is CC(C(=O)N1CCCc2c(Cl)ccc(Br)c21)S(C)(=O)=O. The molecule has 0 N–H and O–H groups in total. The molecular formula is C13H15BrClNO3S. The Morgan fingerprint density at radius 1 is 1.45 bits per heavy atom. The molecule has 0 spiro atoms. The second kappa shape index (κ2) is 5.66. The van der Waals surface area contributed by atoms with Gasteiger partial charge in [-0.2, -0.15) is 0 Å². The van der Waals surface area contributed by atoms with Crippen LogP contribution in [0.5, 0.6) is 0 Å². The van der Waals surface area contributed by atoms with Crippen LogP contribution >= 0.6 is 27.5 Å². The van der Waals surface area contributed by atoms with Crippen molar-refractivity contribution in [3.05, 3.63) is 27.2 Å². The molecule has 1 unspecified atom stereocenters. The van der Waals surface area contributed by atoms with Gasteiger partial charge in [0.2, 0.25) is 5.91 Å². The molecule has 1 atom stereocenters. The Morgan fingerprint density at radius 3 is 2.70 bits per heavy atom. The molecule has 1 amide bonds. The molecule has 110 valence electrons. The maximum absolute atomic E-state index is 12.5. The minimum Gasteiger partial charge on any atom is -0.310 e. The van der Waals surface area contributed by atoms with Crippen LogP contribution in [0.4, 0.5) is 5.69 Å². The van der Waals surface area contributed by atoms with Gasteiger partial charge >= 0.3 is 0 Å². The van der Waals surface area contributed by atoms with Gasteiger partial charge in [-0.25, -0.2) is 8.42 Å². The molecule has 4 nitrogen and oxygen atoms in total. The number of rotatable bonds is 2. The van der Waals surface area contributed by atoms with E-state index in [0.29, 0.717) is 17.3 Å². The number of hydrogen-bond acceptors (Lipinski definition) is 3. The average molecular weight is 381 g/mol. The summed E-state index contributed by atoms with van der Waals surface area (Å²) in [6, 6.07) is 3.55. The standard InChI is InChI=1S/C13H15BrClNO3S/c1-8(20(2,18)19)13(17)16-7-3-4-9-11(15)6-5-10(14)12(9)16/h5-6,8H,3-4,7H2,1-2H3. The molecule has 20 heavy (non-hydrogen) atoms. The number of amides is 1. The Hall–Kier alpha value is -0.590. The van der Waals surface area contributed by atoms with Crippen molar-refractivity contribution in [2.24, 2.45) is 0 Å². The molecule has 1 heterocycles. The van der Waals surface area contributed by atoms with Gasteiger partial charge in [-0.15, -0.1) is 0 Å². The summed E-state index contributed by atoms with van der Waals surface area (Å²) < 4.78 is 23.9. The zero-order chi connectivity index (χ0) is 15.1. The molecule has 0 aromatic heterocycles. The van der Waals surface area contributed by atoms with E-state index in [0.717, 1.165) is 29.1 Å². The minimum atomic E-state index is -3.42. The second-order valence-electron chi connectivity index (χ2n) is 4.92. The minimum absolute atomic E-state index is 0.406. The van der Waals surface area contributed by atoms with Gasteiger partial charge in [-0.05, 0) is 53.4 Å². The predicted molar refractivity (Wildman–Crippen MR) is 84.1 cm³/mol. The lowest BCUT2D eigenvalue weighted by Gasteiger charge is -2.32. The van der Waals surface area contributed by atoms with E-state index in [2.05, 4.69) is 15.9 Å². The molecule has 1 aromatic carbocycles. The lowest BCUT2D eigenvalue weighted by atomic mass is 10.0. The average Bonchev–Trinajstić information content (AvgIpc) is 2.39. The largest absolute Gasteiger partial charge is 0.310 e. The van der Waals surface area contributed by atoms with Crippen molar-refractivity contribution >= 4 is 49.0 Å². The molecule has 0 bridgehead atoms. The van der Waals surface area contributed by atoms with Crippen LogP contribution in [0.1, 0.15) is 18.9 Å². The highest BCUT2D eigenvalue weighted by molar-refractivity contribution is 9.10. The Morgan fingerprint density at radius 2 is 2.10 bits per heavy atom. The van der Waals surface area contributed by atoms with E-state index in [9.17, 15) is 13.2 Å². The highest BCUT2D eigenvalue weighted by atomic mass is 79.9. The molecule has 1 aliphatic heterocycles. The monoisotopic (exact) mass is 379 g/mol. The molecule has 2 rings (SSSR count). The third-order valence-corrected chi connectivity index (χ3v) is 5.99.